The lowest BCUT2D eigenvalue weighted by molar-refractivity contribution is 0.107. The summed E-state index contributed by atoms with van der Waals surface area (Å²) in [5, 5.41) is 0. The predicted octanol–water partition coefficient (Wildman–Crippen LogP) is 2.64. The Bertz CT molecular complexity index is 357. The van der Waals surface area contributed by atoms with Crippen LogP contribution < -0.4 is 4.74 Å². The van der Waals surface area contributed by atoms with E-state index in [4.69, 9.17) is 4.74 Å². The second-order valence-electron chi connectivity index (χ2n) is 5.18. The highest BCUT2D eigenvalue weighted by molar-refractivity contribution is 5.18. The van der Waals surface area contributed by atoms with Crippen LogP contribution in [0.4, 0.5) is 0 Å². The zero-order valence-electron chi connectivity index (χ0n) is 11.0. The average molecular weight is 234 g/mol. The van der Waals surface area contributed by atoms with E-state index < -0.39 is 0 Å². The van der Waals surface area contributed by atoms with E-state index in [1.54, 1.807) is 0 Å². The molecule has 1 aliphatic rings. The Hall–Kier alpha value is -1.09. The first kappa shape index (κ1) is 12.4. The third-order valence-corrected chi connectivity index (χ3v) is 3.55. The maximum absolute atomic E-state index is 5.93. The van der Waals surface area contributed by atoms with Gasteiger partial charge in [-0.3, -0.25) is 0 Å². The van der Waals surface area contributed by atoms with Crippen LogP contribution in [0.5, 0.6) is 5.88 Å². The van der Waals surface area contributed by atoms with E-state index in [-0.39, 0.29) is 0 Å². The number of nitrogens with zero attached hydrogens (tertiary/aromatic N) is 2. The van der Waals surface area contributed by atoms with Crippen LogP contribution in [-0.4, -0.2) is 36.1 Å². The van der Waals surface area contributed by atoms with Crippen LogP contribution in [0.1, 0.15) is 31.2 Å². The van der Waals surface area contributed by atoms with Crippen molar-refractivity contribution in [3.8, 4) is 5.88 Å². The van der Waals surface area contributed by atoms with Gasteiger partial charge in [-0.1, -0.05) is 0 Å². The van der Waals surface area contributed by atoms with Gasteiger partial charge in [0.05, 0.1) is 0 Å². The first-order valence-corrected chi connectivity index (χ1v) is 6.41. The van der Waals surface area contributed by atoms with Crippen LogP contribution in [0.15, 0.2) is 18.3 Å². The molecule has 1 fully saturated rings. The molecule has 0 aliphatic heterocycles. The lowest BCUT2D eigenvalue weighted by atomic mass is 9.92. The molecule has 1 saturated carbocycles. The molecule has 0 unspecified atom stereocenters. The summed E-state index contributed by atoms with van der Waals surface area (Å²) in [6.45, 7) is 2.07. The minimum Gasteiger partial charge on any atom is -0.474 e. The standard InChI is InChI=1S/C14H22N2O/c1-11-8-9-15-14(10-11)17-13-6-4-12(5-7-13)16(2)3/h8-10,12-13H,4-7H2,1-3H3. The van der Waals surface area contributed by atoms with Crippen LogP contribution in [0.25, 0.3) is 0 Å². The molecule has 17 heavy (non-hydrogen) atoms. The largest absolute Gasteiger partial charge is 0.474 e. The molecule has 1 heterocycles. The summed E-state index contributed by atoms with van der Waals surface area (Å²) in [4.78, 5) is 6.58. The van der Waals surface area contributed by atoms with Crippen molar-refractivity contribution in [3.05, 3.63) is 23.9 Å². The fraction of sp³-hybridized carbons (Fsp3) is 0.643. The number of rotatable bonds is 3. The molecule has 0 radical (unpaired) electrons. The van der Waals surface area contributed by atoms with Gasteiger partial charge in [0, 0.05) is 18.3 Å². The summed E-state index contributed by atoms with van der Waals surface area (Å²) in [5.41, 5.74) is 1.21. The van der Waals surface area contributed by atoms with Crippen molar-refractivity contribution < 1.29 is 4.74 Å². The Morgan fingerprint density at radius 2 is 1.94 bits per heavy atom. The fourth-order valence-corrected chi connectivity index (χ4v) is 2.42. The summed E-state index contributed by atoms with van der Waals surface area (Å²) in [7, 11) is 4.32. The molecule has 0 N–H and O–H groups in total. The van der Waals surface area contributed by atoms with E-state index in [1.165, 1.54) is 18.4 Å². The fourth-order valence-electron chi connectivity index (χ4n) is 2.42. The Labute approximate surface area is 104 Å². The molecule has 3 heteroatoms. The van der Waals surface area contributed by atoms with Crippen molar-refractivity contribution in [1.29, 1.82) is 0 Å². The monoisotopic (exact) mass is 234 g/mol. The predicted molar refractivity (Wildman–Crippen MR) is 69.3 cm³/mol. The minimum absolute atomic E-state index is 0.348. The number of aromatic nitrogens is 1. The van der Waals surface area contributed by atoms with Gasteiger partial charge in [0.1, 0.15) is 6.10 Å². The molecular formula is C14H22N2O. The number of aryl methyl sites for hydroxylation is 1. The lowest BCUT2D eigenvalue weighted by Crippen LogP contribution is -2.35. The summed E-state index contributed by atoms with van der Waals surface area (Å²) < 4.78 is 5.93. The zero-order valence-corrected chi connectivity index (χ0v) is 11.0. The second-order valence-corrected chi connectivity index (χ2v) is 5.18. The van der Waals surface area contributed by atoms with Gasteiger partial charge in [0.15, 0.2) is 0 Å². The van der Waals surface area contributed by atoms with Gasteiger partial charge in [0.25, 0.3) is 0 Å². The topological polar surface area (TPSA) is 25.4 Å². The van der Waals surface area contributed by atoms with Crippen LogP contribution in [0, 0.1) is 6.92 Å². The smallest absolute Gasteiger partial charge is 0.213 e. The summed E-state index contributed by atoms with van der Waals surface area (Å²) in [5.74, 6) is 0.776. The van der Waals surface area contributed by atoms with Crippen LogP contribution in [0.3, 0.4) is 0 Å². The van der Waals surface area contributed by atoms with Gasteiger partial charge >= 0.3 is 0 Å². The van der Waals surface area contributed by atoms with Crippen molar-refractivity contribution in [2.45, 2.75) is 44.8 Å². The summed E-state index contributed by atoms with van der Waals surface area (Å²) >= 11 is 0. The Balaban J connectivity index is 1.86. The molecule has 0 saturated heterocycles. The van der Waals surface area contributed by atoms with E-state index in [0.29, 0.717) is 6.10 Å². The van der Waals surface area contributed by atoms with E-state index in [9.17, 15) is 0 Å². The average Bonchev–Trinajstić information content (AvgIpc) is 2.29. The normalized spacial score (nSPS) is 24.9. The molecule has 0 atom stereocenters. The maximum Gasteiger partial charge on any atom is 0.213 e. The van der Waals surface area contributed by atoms with Crippen LogP contribution in [-0.2, 0) is 0 Å². The molecular weight excluding hydrogens is 212 g/mol. The van der Waals surface area contributed by atoms with Gasteiger partial charge in [-0.2, -0.15) is 0 Å². The first-order valence-electron chi connectivity index (χ1n) is 6.41. The van der Waals surface area contributed by atoms with Gasteiger partial charge in [-0.15, -0.1) is 0 Å². The van der Waals surface area contributed by atoms with E-state index >= 15 is 0 Å². The van der Waals surface area contributed by atoms with Crippen molar-refractivity contribution in [1.82, 2.24) is 9.88 Å². The number of hydrogen-bond donors (Lipinski definition) is 0. The molecule has 0 spiro atoms. The van der Waals surface area contributed by atoms with Crippen molar-refractivity contribution in [2.75, 3.05) is 14.1 Å². The minimum atomic E-state index is 0.348. The van der Waals surface area contributed by atoms with Crippen molar-refractivity contribution in [3.63, 3.8) is 0 Å². The summed E-state index contributed by atoms with van der Waals surface area (Å²) in [6.07, 6.45) is 6.89. The second kappa shape index (κ2) is 5.50. The molecule has 2 rings (SSSR count). The van der Waals surface area contributed by atoms with Crippen LogP contribution >= 0.6 is 0 Å². The van der Waals surface area contributed by atoms with Crippen molar-refractivity contribution in [2.24, 2.45) is 0 Å². The SMILES string of the molecule is Cc1ccnc(OC2CCC(N(C)C)CC2)c1. The number of pyridine rings is 1. The number of ether oxygens (including phenoxy) is 1. The van der Waals surface area contributed by atoms with Gasteiger partial charge in [-0.05, 0) is 58.3 Å². The quantitative estimate of drug-likeness (QED) is 0.804. The number of hydrogen-bond acceptors (Lipinski definition) is 3. The molecule has 1 aromatic rings. The molecule has 0 aromatic carbocycles. The third kappa shape index (κ3) is 3.43. The Kier molecular flexibility index (Phi) is 4.00. The first-order chi connectivity index (χ1) is 8.15. The Morgan fingerprint density at radius 3 is 2.53 bits per heavy atom. The zero-order chi connectivity index (χ0) is 12.3. The molecule has 3 nitrogen and oxygen atoms in total. The third-order valence-electron chi connectivity index (χ3n) is 3.55. The summed E-state index contributed by atoms with van der Waals surface area (Å²) in [6, 6.07) is 4.73. The van der Waals surface area contributed by atoms with E-state index in [1.807, 2.05) is 18.3 Å². The maximum atomic E-state index is 5.93. The van der Waals surface area contributed by atoms with Gasteiger partial charge in [0.2, 0.25) is 5.88 Å². The van der Waals surface area contributed by atoms with Crippen LogP contribution in [0.2, 0.25) is 0 Å². The van der Waals surface area contributed by atoms with E-state index in [0.717, 1.165) is 24.8 Å². The molecule has 0 bridgehead atoms. The van der Waals surface area contributed by atoms with Gasteiger partial charge in [-0.25, -0.2) is 4.98 Å². The lowest BCUT2D eigenvalue weighted by Gasteiger charge is -2.32. The molecule has 1 aromatic heterocycles. The van der Waals surface area contributed by atoms with E-state index in [2.05, 4.69) is 30.9 Å². The molecule has 94 valence electrons. The Morgan fingerprint density at radius 1 is 1.24 bits per heavy atom. The highest BCUT2D eigenvalue weighted by atomic mass is 16.5. The molecule has 1 aliphatic carbocycles. The highest BCUT2D eigenvalue weighted by Crippen LogP contribution is 2.25. The highest BCUT2D eigenvalue weighted by Gasteiger charge is 2.23. The van der Waals surface area contributed by atoms with Gasteiger partial charge < -0.3 is 9.64 Å². The van der Waals surface area contributed by atoms with Crippen molar-refractivity contribution >= 4 is 0 Å². The molecule has 0 amide bonds.